The van der Waals surface area contributed by atoms with Crippen LogP contribution in [0.15, 0.2) is 36.4 Å². The largest absolute Gasteiger partial charge is 0.493 e. The van der Waals surface area contributed by atoms with Crippen LogP contribution < -0.4 is 19.5 Å². The minimum absolute atomic E-state index is 0.546. The fourth-order valence-corrected chi connectivity index (χ4v) is 4.48. The van der Waals surface area contributed by atoms with Gasteiger partial charge in [-0.3, -0.25) is 4.68 Å². The van der Waals surface area contributed by atoms with Crippen molar-refractivity contribution >= 4 is 40.6 Å². The van der Waals surface area contributed by atoms with Gasteiger partial charge in [-0.2, -0.15) is 5.10 Å². The number of ether oxygens (including phenoxy) is 3. The molecule has 37 heavy (non-hydrogen) atoms. The van der Waals surface area contributed by atoms with Crippen LogP contribution >= 0.6 is 11.6 Å². The van der Waals surface area contributed by atoms with E-state index in [9.17, 15) is 0 Å². The normalized spacial score (nSPS) is 11.3. The molecule has 4 rings (SSSR count). The van der Waals surface area contributed by atoms with E-state index in [1.54, 1.807) is 21.3 Å². The predicted molar refractivity (Wildman–Crippen MR) is 149 cm³/mol. The van der Waals surface area contributed by atoms with Crippen LogP contribution in [0.3, 0.4) is 0 Å². The Labute approximate surface area is 222 Å². The third-order valence-corrected chi connectivity index (χ3v) is 6.38. The van der Waals surface area contributed by atoms with Crippen molar-refractivity contribution < 1.29 is 14.2 Å². The minimum Gasteiger partial charge on any atom is -0.493 e. The van der Waals surface area contributed by atoms with E-state index in [4.69, 9.17) is 40.9 Å². The average Bonchev–Trinajstić information content (AvgIpc) is 3.22. The van der Waals surface area contributed by atoms with Crippen molar-refractivity contribution in [1.29, 1.82) is 0 Å². The van der Waals surface area contributed by atoms with Crippen LogP contribution in [0.2, 0.25) is 5.02 Å². The first-order valence-electron chi connectivity index (χ1n) is 12.2. The number of rotatable bonds is 11. The van der Waals surface area contributed by atoms with Gasteiger partial charge in [-0.1, -0.05) is 49.2 Å². The minimum atomic E-state index is 0.546. The number of benzene rings is 2. The Balaban J connectivity index is 1.69. The van der Waals surface area contributed by atoms with E-state index >= 15 is 0 Å². The molecule has 2 heterocycles. The molecule has 0 aliphatic carbocycles. The van der Waals surface area contributed by atoms with Gasteiger partial charge >= 0.3 is 0 Å². The highest BCUT2D eigenvalue weighted by atomic mass is 35.5. The Hall–Kier alpha value is -3.78. The van der Waals surface area contributed by atoms with Gasteiger partial charge in [-0.15, -0.1) is 0 Å². The van der Waals surface area contributed by atoms with Crippen LogP contribution in [0.1, 0.15) is 36.0 Å². The first-order valence-corrected chi connectivity index (χ1v) is 12.6. The maximum absolute atomic E-state index is 6.35. The van der Waals surface area contributed by atoms with Crippen LogP contribution in [-0.4, -0.2) is 47.6 Å². The Morgan fingerprint density at radius 1 is 0.973 bits per heavy atom. The third-order valence-electron chi connectivity index (χ3n) is 6.01. The molecule has 0 aliphatic heterocycles. The molecule has 1 N–H and O–H groups in total. The van der Waals surface area contributed by atoms with Crippen molar-refractivity contribution in [3.8, 4) is 17.2 Å². The number of halogens is 1. The lowest BCUT2D eigenvalue weighted by molar-refractivity contribution is 0.324. The predicted octanol–water partition coefficient (Wildman–Crippen LogP) is 5.82. The van der Waals surface area contributed by atoms with E-state index in [0.717, 1.165) is 58.0 Å². The zero-order chi connectivity index (χ0) is 26.4. The molecule has 9 heteroatoms. The number of nitrogens with zero attached hydrogens (tertiary/aromatic N) is 4. The lowest BCUT2D eigenvalue weighted by Crippen LogP contribution is -2.09. The highest BCUT2D eigenvalue weighted by molar-refractivity contribution is 6.31. The molecule has 0 amide bonds. The Kier molecular flexibility index (Phi) is 8.50. The summed E-state index contributed by atoms with van der Waals surface area (Å²) in [6.45, 7) is 2.80. The summed E-state index contributed by atoms with van der Waals surface area (Å²) in [6.07, 6.45) is 6.38. The fraction of sp³-hybridized carbons (Fsp3) is 0.321. The molecule has 4 aromatic rings. The Morgan fingerprint density at radius 2 is 1.70 bits per heavy atom. The Morgan fingerprint density at radius 3 is 2.35 bits per heavy atom. The summed E-state index contributed by atoms with van der Waals surface area (Å²) in [7, 11) is 6.71. The third kappa shape index (κ3) is 5.80. The molecular weight excluding hydrogens is 490 g/mol. The van der Waals surface area contributed by atoms with Crippen LogP contribution in [0.4, 0.5) is 5.82 Å². The molecule has 0 unspecified atom stereocenters. The van der Waals surface area contributed by atoms with Gasteiger partial charge in [0.05, 0.1) is 27.0 Å². The van der Waals surface area contributed by atoms with Gasteiger partial charge in [0.1, 0.15) is 11.0 Å². The first kappa shape index (κ1) is 26.3. The number of methoxy groups -OCH3 is 3. The Bertz CT molecular complexity index is 1390. The van der Waals surface area contributed by atoms with Gasteiger partial charge in [0.2, 0.25) is 5.75 Å². The van der Waals surface area contributed by atoms with Gasteiger partial charge in [0.25, 0.3) is 0 Å². The molecule has 2 aromatic carbocycles. The second kappa shape index (κ2) is 12.0. The van der Waals surface area contributed by atoms with Gasteiger partial charge in [-0.05, 0) is 48.2 Å². The number of fused-ring (bicyclic) bond motifs is 1. The second-order valence-electron chi connectivity index (χ2n) is 8.51. The summed E-state index contributed by atoms with van der Waals surface area (Å²) in [4.78, 5) is 9.69. The van der Waals surface area contributed by atoms with Gasteiger partial charge in [0.15, 0.2) is 23.1 Å². The summed E-state index contributed by atoms with van der Waals surface area (Å²) in [5.74, 6) is 3.02. The summed E-state index contributed by atoms with van der Waals surface area (Å²) in [5.41, 5.74) is 4.64. The van der Waals surface area contributed by atoms with E-state index in [2.05, 4.69) is 12.2 Å². The number of hydrogen-bond donors (Lipinski definition) is 1. The number of aromatic nitrogens is 4. The monoisotopic (exact) mass is 521 g/mol. The summed E-state index contributed by atoms with van der Waals surface area (Å²) in [6, 6.07) is 11.6. The molecule has 0 saturated carbocycles. The molecule has 0 radical (unpaired) electrons. The maximum atomic E-state index is 6.35. The maximum Gasteiger partial charge on any atom is 0.203 e. The topological polar surface area (TPSA) is 83.3 Å². The molecule has 0 atom stereocenters. The number of nitrogens with one attached hydrogen (secondary N) is 1. The number of aryl methyl sites for hydroxylation is 2. The molecule has 0 saturated heterocycles. The number of hydrogen-bond acceptors (Lipinski definition) is 7. The van der Waals surface area contributed by atoms with E-state index < -0.39 is 0 Å². The van der Waals surface area contributed by atoms with Gasteiger partial charge < -0.3 is 19.5 Å². The van der Waals surface area contributed by atoms with Crippen LogP contribution in [0.25, 0.3) is 23.2 Å². The lowest BCUT2D eigenvalue weighted by atomic mass is 10.1. The standard InChI is InChI=1S/C28H32ClN5O3/c1-6-9-21-25-26(34(2)33-21)28(30-15-14-19-10-7-8-11-20(19)29)32-24(31-25)13-12-18-16-22(35-3)27(37-5)23(17-18)36-4/h7-8,10-13,16-17H,6,9,14-15H2,1-5H3,(H,30,31,32)/b13-12+. The van der Waals surface area contributed by atoms with Crippen LogP contribution in [-0.2, 0) is 19.9 Å². The smallest absolute Gasteiger partial charge is 0.203 e. The summed E-state index contributed by atoms with van der Waals surface area (Å²) in [5, 5.41) is 8.98. The van der Waals surface area contributed by atoms with Gasteiger partial charge in [-0.25, -0.2) is 9.97 Å². The quantitative estimate of drug-likeness (QED) is 0.266. The summed E-state index contributed by atoms with van der Waals surface area (Å²) >= 11 is 6.35. The SMILES string of the molecule is CCCc1nn(C)c2c(NCCc3ccccc3Cl)nc(/C=C/c3cc(OC)c(OC)c(OC)c3)nc12. The molecule has 0 fully saturated rings. The van der Waals surface area contributed by atoms with Crippen molar-refractivity contribution in [3.05, 3.63) is 64.1 Å². The highest BCUT2D eigenvalue weighted by Crippen LogP contribution is 2.38. The van der Waals surface area contributed by atoms with E-state index in [1.807, 2.05) is 60.3 Å². The lowest BCUT2D eigenvalue weighted by Gasteiger charge is -2.13. The van der Waals surface area contributed by atoms with Crippen molar-refractivity contribution in [2.45, 2.75) is 26.2 Å². The van der Waals surface area contributed by atoms with Crippen molar-refractivity contribution in [3.63, 3.8) is 0 Å². The molecule has 0 aliphatic rings. The highest BCUT2D eigenvalue weighted by Gasteiger charge is 2.17. The number of anilines is 1. The molecule has 0 spiro atoms. The fourth-order valence-electron chi connectivity index (χ4n) is 4.25. The van der Waals surface area contributed by atoms with Crippen molar-refractivity contribution in [2.75, 3.05) is 33.2 Å². The van der Waals surface area contributed by atoms with Crippen LogP contribution in [0.5, 0.6) is 17.2 Å². The first-order chi connectivity index (χ1) is 18.0. The van der Waals surface area contributed by atoms with Crippen LogP contribution in [0, 0.1) is 0 Å². The molecular formula is C28H32ClN5O3. The zero-order valence-corrected chi connectivity index (χ0v) is 22.6. The van der Waals surface area contributed by atoms with Crippen molar-refractivity contribution in [2.24, 2.45) is 7.05 Å². The molecule has 0 bridgehead atoms. The second-order valence-corrected chi connectivity index (χ2v) is 8.92. The molecule has 8 nitrogen and oxygen atoms in total. The zero-order valence-electron chi connectivity index (χ0n) is 21.8. The average molecular weight is 522 g/mol. The molecule has 194 valence electrons. The van der Waals surface area contributed by atoms with Gasteiger partial charge in [0, 0.05) is 18.6 Å². The van der Waals surface area contributed by atoms with E-state index in [-0.39, 0.29) is 0 Å². The summed E-state index contributed by atoms with van der Waals surface area (Å²) < 4.78 is 18.2. The molecule has 2 aromatic heterocycles. The van der Waals surface area contributed by atoms with E-state index in [1.165, 1.54) is 0 Å². The van der Waals surface area contributed by atoms with E-state index in [0.29, 0.717) is 29.6 Å². The van der Waals surface area contributed by atoms with Crippen molar-refractivity contribution in [1.82, 2.24) is 19.7 Å².